The van der Waals surface area contributed by atoms with E-state index in [1.807, 2.05) is 13.8 Å². The van der Waals surface area contributed by atoms with Crippen LogP contribution in [0, 0.1) is 5.92 Å². The summed E-state index contributed by atoms with van der Waals surface area (Å²) in [5, 5.41) is 3.28. The molecule has 16 heavy (non-hydrogen) atoms. The van der Waals surface area contributed by atoms with Crippen molar-refractivity contribution in [2.45, 2.75) is 45.6 Å². The van der Waals surface area contributed by atoms with Crippen LogP contribution in [0.3, 0.4) is 0 Å². The van der Waals surface area contributed by atoms with Gasteiger partial charge in [-0.2, -0.15) is 0 Å². The Hall–Kier alpha value is -0.130. The van der Waals surface area contributed by atoms with Gasteiger partial charge < -0.3 is 5.32 Å². The molecule has 96 valence electrons. The van der Waals surface area contributed by atoms with E-state index >= 15 is 0 Å². The minimum Gasteiger partial charge on any atom is -0.313 e. The van der Waals surface area contributed by atoms with Gasteiger partial charge in [-0.25, -0.2) is 13.1 Å². The van der Waals surface area contributed by atoms with Gasteiger partial charge in [0.1, 0.15) is 0 Å². The van der Waals surface area contributed by atoms with Crippen molar-refractivity contribution in [2.24, 2.45) is 5.92 Å². The predicted molar refractivity (Wildman–Crippen MR) is 66.9 cm³/mol. The van der Waals surface area contributed by atoms with Gasteiger partial charge in [0.05, 0.1) is 5.75 Å². The maximum atomic E-state index is 11.8. The number of rotatable bonds is 7. The average molecular weight is 248 g/mol. The summed E-state index contributed by atoms with van der Waals surface area (Å²) in [6.07, 6.45) is 4.09. The molecule has 1 unspecified atom stereocenters. The molecule has 0 amide bonds. The highest BCUT2D eigenvalue weighted by atomic mass is 32.2. The smallest absolute Gasteiger partial charge is 0.211 e. The van der Waals surface area contributed by atoms with Crippen LogP contribution in [0.4, 0.5) is 0 Å². The fraction of sp³-hybridized carbons (Fsp3) is 1.00. The van der Waals surface area contributed by atoms with E-state index in [0.29, 0.717) is 12.6 Å². The molecule has 1 rings (SSSR count). The van der Waals surface area contributed by atoms with Gasteiger partial charge in [-0.05, 0) is 25.3 Å². The summed E-state index contributed by atoms with van der Waals surface area (Å²) in [4.78, 5) is 0. The van der Waals surface area contributed by atoms with Gasteiger partial charge in [0.2, 0.25) is 10.0 Å². The fourth-order valence-electron chi connectivity index (χ4n) is 2.05. The van der Waals surface area contributed by atoms with Gasteiger partial charge in [0.25, 0.3) is 0 Å². The molecule has 0 aromatic rings. The van der Waals surface area contributed by atoms with Crippen molar-refractivity contribution < 1.29 is 8.42 Å². The Morgan fingerprint density at radius 3 is 2.56 bits per heavy atom. The molecule has 0 spiro atoms. The van der Waals surface area contributed by atoms with Crippen LogP contribution in [0.1, 0.15) is 39.5 Å². The minimum atomic E-state index is -3.08. The van der Waals surface area contributed by atoms with Crippen molar-refractivity contribution >= 4 is 10.0 Å². The Labute approximate surface area is 99.2 Å². The molecule has 0 bridgehead atoms. The Morgan fingerprint density at radius 1 is 1.38 bits per heavy atom. The summed E-state index contributed by atoms with van der Waals surface area (Å²) in [5.74, 6) is 0.557. The molecule has 1 heterocycles. The topological polar surface area (TPSA) is 58.2 Å². The highest BCUT2D eigenvalue weighted by molar-refractivity contribution is 7.89. The molecule has 1 aliphatic rings. The molecule has 5 heteroatoms. The lowest BCUT2D eigenvalue weighted by molar-refractivity contribution is 0.509. The molecule has 4 nitrogen and oxygen atoms in total. The number of hydrogen-bond donors (Lipinski definition) is 2. The zero-order chi connectivity index (χ0) is 12.0. The molecule has 0 aromatic heterocycles. The van der Waals surface area contributed by atoms with Crippen LogP contribution in [0.25, 0.3) is 0 Å². The highest BCUT2D eigenvalue weighted by Gasteiger charge is 2.19. The number of sulfonamides is 1. The third-order valence-corrected chi connectivity index (χ3v) is 4.84. The van der Waals surface area contributed by atoms with Crippen molar-refractivity contribution in [3.05, 3.63) is 0 Å². The lowest BCUT2D eigenvalue weighted by Gasteiger charge is -2.15. The van der Waals surface area contributed by atoms with Crippen molar-refractivity contribution in [2.75, 3.05) is 18.8 Å². The van der Waals surface area contributed by atoms with E-state index < -0.39 is 10.0 Å². The van der Waals surface area contributed by atoms with Gasteiger partial charge in [-0.3, -0.25) is 0 Å². The van der Waals surface area contributed by atoms with Gasteiger partial charge >= 0.3 is 0 Å². The van der Waals surface area contributed by atoms with Gasteiger partial charge in [0, 0.05) is 12.6 Å². The van der Waals surface area contributed by atoms with Crippen molar-refractivity contribution in [1.82, 2.24) is 10.0 Å². The third-order valence-electron chi connectivity index (χ3n) is 3.32. The zero-order valence-corrected chi connectivity index (χ0v) is 11.1. The average Bonchev–Trinajstić information content (AvgIpc) is 2.76. The maximum Gasteiger partial charge on any atom is 0.211 e. The van der Waals surface area contributed by atoms with Crippen molar-refractivity contribution in [3.63, 3.8) is 0 Å². The van der Waals surface area contributed by atoms with E-state index in [2.05, 4.69) is 10.0 Å². The lowest BCUT2D eigenvalue weighted by Crippen LogP contribution is -2.39. The Balaban J connectivity index is 2.32. The number of nitrogens with one attached hydrogen (secondary N) is 2. The first kappa shape index (κ1) is 13.9. The summed E-state index contributed by atoms with van der Waals surface area (Å²) in [6, 6.07) is 0.330. The van der Waals surface area contributed by atoms with E-state index in [1.54, 1.807) is 0 Å². The van der Waals surface area contributed by atoms with E-state index in [1.165, 1.54) is 0 Å². The minimum absolute atomic E-state index is 0.271. The summed E-state index contributed by atoms with van der Waals surface area (Å²) in [6.45, 7) is 5.64. The SMILES string of the molecule is CCC(CC)CS(=O)(=O)NCC1CCCN1. The highest BCUT2D eigenvalue weighted by Crippen LogP contribution is 2.10. The molecule has 1 aliphatic heterocycles. The summed E-state index contributed by atoms with van der Waals surface area (Å²) in [7, 11) is -3.08. The molecule has 0 saturated carbocycles. The molecule has 1 saturated heterocycles. The van der Waals surface area contributed by atoms with Crippen LogP contribution in [0.15, 0.2) is 0 Å². The second-order valence-electron chi connectivity index (χ2n) is 4.61. The second-order valence-corrected chi connectivity index (χ2v) is 6.46. The van der Waals surface area contributed by atoms with Crippen molar-refractivity contribution in [1.29, 1.82) is 0 Å². The monoisotopic (exact) mass is 248 g/mol. The zero-order valence-electron chi connectivity index (χ0n) is 10.3. The molecule has 1 atom stereocenters. The largest absolute Gasteiger partial charge is 0.313 e. The Kier molecular flexibility index (Phi) is 5.72. The first-order valence-electron chi connectivity index (χ1n) is 6.28. The van der Waals surface area contributed by atoms with Gasteiger partial charge in [0.15, 0.2) is 0 Å². The van der Waals surface area contributed by atoms with Crippen LogP contribution in [0.2, 0.25) is 0 Å². The quantitative estimate of drug-likeness (QED) is 0.709. The van der Waals surface area contributed by atoms with Crippen LogP contribution in [-0.4, -0.2) is 33.3 Å². The van der Waals surface area contributed by atoms with Crippen molar-refractivity contribution in [3.8, 4) is 0 Å². The van der Waals surface area contributed by atoms with Crippen LogP contribution in [-0.2, 0) is 10.0 Å². The first-order valence-corrected chi connectivity index (χ1v) is 7.93. The normalized spacial score (nSPS) is 21.8. The standard InChI is InChI=1S/C11H24N2O2S/c1-3-10(4-2)9-16(14,15)13-8-11-6-5-7-12-11/h10-13H,3-9H2,1-2H3. The van der Waals surface area contributed by atoms with E-state index in [4.69, 9.17) is 0 Å². The molecule has 0 aliphatic carbocycles. The summed E-state index contributed by atoms with van der Waals surface area (Å²) in [5.41, 5.74) is 0. The van der Waals surface area contributed by atoms with Gasteiger partial charge in [-0.1, -0.05) is 26.7 Å². The molecule has 2 N–H and O–H groups in total. The van der Waals surface area contributed by atoms with Gasteiger partial charge in [-0.15, -0.1) is 0 Å². The number of hydrogen-bond acceptors (Lipinski definition) is 3. The lowest BCUT2D eigenvalue weighted by atomic mass is 10.1. The second kappa shape index (κ2) is 6.57. The Morgan fingerprint density at radius 2 is 2.06 bits per heavy atom. The summed E-state index contributed by atoms with van der Waals surface area (Å²) < 4.78 is 26.3. The van der Waals surface area contributed by atoms with E-state index in [0.717, 1.165) is 32.2 Å². The van der Waals surface area contributed by atoms with E-state index in [9.17, 15) is 8.42 Å². The van der Waals surface area contributed by atoms with E-state index in [-0.39, 0.29) is 11.7 Å². The molecule has 1 fully saturated rings. The predicted octanol–water partition coefficient (Wildman–Crippen LogP) is 1.09. The van der Waals surface area contributed by atoms with Crippen LogP contribution < -0.4 is 10.0 Å². The first-order chi connectivity index (χ1) is 7.57. The third kappa shape index (κ3) is 4.80. The maximum absolute atomic E-state index is 11.8. The molecule has 0 aromatic carbocycles. The summed E-state index contributed by atoms with van der Waals surface area (Å²) >= 11 is 0. The molecular formula is C11H24N2O2S. The molecular weight excluding hydrogens is 224 g/mol. The molecule has 0 radical (unpaired) electrons. The fourth-order valence-corrected chi connectivity index (χ4v) is 3.72. The van der Waals surface area contributed by atoms with Crippen LogP contribution in [0.5, 0.6) is 0 Å². The van der Waals surface area contributed by atoms with Crippen LogP contribution >= 0.6 is 0 Å². The Bertz CT molecular complexity index is 280.